The Morgan fingerprint density at radius 2 is 1.96 bits per heavy atom. The third-order valence-electron chi connectivity index (χ3n) is 5.98. The minimum absolute atomic E-state index is 0.752. The highest BCUT2D eigenvalue weighted by Crippen LogP contribution is 2.19. The van der Waals surface area contributed by atoms with E-state index in [-0.39, 0.29) is 0 Å². The molecule has 0 spiro atoms. The summed E-state index contributed by atoms with van der Waals surface area (Å²) in [5, 5.41) is 3.48. The molecule has 0 aromatic carbocycles. The number of aliphatic imine (C=N–C) groups is 1. The summed E-state index contributed by atoms with van der Waals surface area (Å²) in [6, 6.07) is 4.36. The van der Waals surface area contributed by atoms with Crippen molar-refractivity contribution >= 4 is 11.8 Å². The average Bonchev–Trinajstić information content (AvgIpc) is 3.03. The van der Waals surface area contributed by atoms with Gasteiger partial charge in [0.25, 0.3) is 0 Å². The van der Waals surface area contributed by atoms with Crippen LogP contribution in [-0.4, -0.2) is 62.8 Å². The molecule has 6 heteroatoms. The first kappa shape index (κ1) is 20.9. The molecule has 28 heavy (non-hydrogen) atoms. The second-order valence-electron chi connectivity index (χ2n) is 8.09. The predicted octanol–water partition coefficient (Wildman–Crippen LogP) is 3.29. The van der Waals surface area contributed by atoms with Crippen LogP contribution in [0.5, 0.6) is 0 Å². The summed E-state index contributed by atoms with van der Waals surface area (Å²) >= 11 is 0. The number of anilines is 1. The molecule has 3 heterocycles. The predicted molar refractivity (Wildman–Crippen MR) is 116 cm³/mol. The summed E-state index contributed by atoms with van der Waals surface area (Å²) in [6.45, 7) is 5.88. The summed E-state index contributed by atoms with van der Waals surface area (Å²) < 4.78 is 5.46. The van der Waals surface area contributed by atoms with Gasteiger partial charge in [-0.3, -0.25) is 4.99 Å². The van der Waals surface area contributed by atoms with Crippen molar-refractivity contribution in [2.75, 3.05) is 51.8 Å². The second-order valence-corrected chi connectivity index (χ2v) is 8.09. The molecule has 0 unspecified atom stereocenters. The first-order valence-corrected chi connectivity index (χ1v) is 11.0. The zero-order chi connectivity index (χ0) is 19.6. The number of nitrogens with zero attached hydrogens (tertiary/aromatic N) is 4. The van der Waals surface area contributed by atoms with Gasteiger partial charge in [-0.15, -0.1) is 0 Å². The summed E-state index contributed by atoms with van der Waals surface area (Å²) in [5.41, 5.74) is 1.19. The molecule has 2 saturated heterocycles. The van der Waals surface area contributed by atoms with Crippen molar-refractivity contribution < 1.29 is 4.74 Å². The van der Waals surface area contributed by atoms with E-state index in [1.807, 2.05) is 13.2 Å². The van der Waals surface area contributed by atoms with Crippen molar-refractivity contribution in [1.82, 2.24) is 15.2 Å². The van der Waals surface area contributed by atoms with E-state index < -0.39 is 0 Å². The van der Waals surface area contributed by atoms with Crippen LogP contribution in [0.25, 0.3) is 0 Å². The Hall–Kier alpha value is -1.82. The quantitative estimate of drug-likeness (QED) is 0.600. The normalized spacial score (nSPS) is 19.4. The van der Waals surface area contributed by atoms with E-state index >= 15 is 0 Å². The van der Waals surface area contributed by atoms with Gasteiger partial charge in [0.1, 0.15) is 5.82 Å². The van der Waals surface area contributed by atoms with Crippen molar-refractivity contribution in [1.29, 1.82) is 0 Å². The average molecular weight is 388 g/mol. The summed E-state index contributed by atoms with van der Waals surface area (Å²) in [7, 11) is 3.98. The van der Waals surface area contributed by atoms with Crippen molar-refractivity contribution in [3.63, 3.8) is 0 Å². The Bertz CT molecular complexity index is 589. The molecule has 2 aliphatic heterocycles. The maximum absolute atomic E-state index is 5.46. The number of rotatable bonds is 6. The van der Waals surface area contributed by atoms with Crippen LogP contribution in [0.15, 0.2) is 23.3 Å². The van der Waals surface area contributed by atoms with Crippen LogP contribution in [0.1, 0.15) is 50.5 Å². The molecule has 0 amide bonds. The lowest BCUT2D eigenvalue weighted by atomic mass is 9.96. The molecule has 1 N–H and O–H groups in total. The van der Waals surface area contributed by atoms with Crippen LogP contribution in [-0.2, 0) is 11.3 Å². The van der Waals surface area contributed by atoms with E-state index in [1.165, 1.54) is 50.5 Å². The molecule has 3 rings (SSSR count). The zero-order valence-corrected chi connectivity index (χ0v) is 17.7. The van der Waals surface area contributed by atoms with Crippen LogP contribution in [0.4, 0.5) is 5.82 Å². The van der Waals surface area contributed by atoms with Gasteiger partial charge in [0.15, 0.2) is 5.96 Å². The molecule has 2 fully saturated rings. The molecular weight excluding hydrogens is 350 g/mol. The van der Waals surface area contributed by atoms with Gasteiger partial charge in [-0.05, 0) is 49.7 Å². The number of aromatic nitrogens is 1. The summed E-state index contributed by atoms with van der Waals surface area (Å²) in [5.74, 6) is 2.84. The summed E-state index contributed by atoms with van der Waals surface area (Å²) in [6.07, 6.45) is 10.8. The highest BCUT2D eigenvalue weighted by atomic mass is 16.5. The number of ether oxygens (including phenoxy) is 1. The van der Waals surface area contributed by atoms with E-state index in [2.05, 4.69) is 39.3 Å². The van der Waals surface area contributed by atoms with Gasteiger partial charge in [-0.2, -0.15) is 0 Å². The van der Waals surface area contributed by atoms with Gasteiger partial charge in [0.05, 0.1) is 0 Å². The Labute approximate surface area is 170 Å². The van der Waals surface area contributed by atoms with E-state index in [1.54, 1.807) is 0 Å². The molecule has 0 radical (unpaired) electrons. The highest BCUT2D eigenvalue weighted by Gasteiger charge is 2.15. The fourth-order valence-corrected chi connectivity index (χ4v) is 4.09. The molecule has 0 aliphatic carbocycles. The number of nitrogens with one attached hydrogen (secondary N) is 1. The smallest absolute Gasteiger partial charge is 0.193 e. The molecule has 1 aromatic heterocycles. The number of hydrogen-bond donors (Lipinski definition) is 1. The van der Waals surface area contributed by atoms with Crippen molar-refractivity contribution in [3.8, 4) is 0 Å². The number of pyridine rings is 1. The molecule has 156 valence electrons. The Balaban J connectivity index is 1.44. The van der Waals surface area contributed by atoms with E-state index in [9.17, 15) is 0 Å². The lowest BCUT2D eigenvalue weighted by Gasteiger charge is -2.27. The largest absolute Gasteiger partial charge is 0.381 e. The van der Waals surface area contributed by atoms with Crippen LogP contribution in [0.3, 0.4) is 0 Å². The first-order valence-electron chi connectivity index (χ1n) is 11.0. The lowest BCUT2D eigenvalue weighted by molar-refractivity contribution is 0.0625. The zero-order valence-electron chi connectivity index (χ0n) is 17.7. The molecule has 0 atom stereocenters. The van der Waals surface area contributed by atoms with Gasteiger partial charge in [-0.1, -0.05) is 18.9 Å². The van der Waals surface area contributed by atoms with Gasteiger partial charge < -0.3 is 19.9 Å². The van der Waals surface area contributed by atoms with E-state index in [4.69, 9.17) is 9.72 Å². The lowest BCUT2D eigenvalue weighted by Crippen LogP contribution is -2.39. The molecular formula is C22H37N5O. The van der Waals surface area contributed by atoms with Crippen molar-refractivity contribution in [2.24, 2.45) is 10.9 Å². The topological polar surface area (TPSA) is 53.0 Å². The van der Waals surface area contributed by atoms with Crippen LogP contribution < -0.4 is 10.2 Å². The highest BCUT2D eigenvalue weighted by molar-refractivity contribution is 5.79. The molecule has 0 bridgehead atoms. The third kappa shape index (κ3) is 6.36. The fourth-order valence-electron chi connectivity index (χ4n) is 4.09. The van der Waals surface area contributed by atoms with Gasteiger partial charge in [0.2, 0.25) is 0 Å². The monoisotopic (exact) mass is 387 g/mol. The van der Waals surface area contributed by atoms with Crippen LogP contribution in [0, 0.1) is 5.92 Å². The van der Waals surface area contributed by atoms with Crippen molar-refractivity contribution in [2.45, 2.75) is 51.5 Å². The Morgan fingerprint density at radius 3 is 2.61 bits per heavy atom. The maximum atomic E-state index is 5.46. The van der Waals surface area contributed by atoms with Gasteiger partial charge >= 0.3 is 0 Å². The molecule has 6 nitrogen and oxygen atoms in total. The minimum Gasteiger partial charge on any atom is -0.381 e. The molecule has 1 aromatic rings. The van der Waals surface area contributed by atoms with Crippen molar-refractivity contribution in [3.05, 3.63) is 23.9 Å². The maximum Gasteiger partial charge on any atom is 0.193 e. The fraction of sp³-hybridized carbons (Fsp3) is 0.727. The number of guanidine groups is 1. The molecule has 2 aliphatic rings. The van der Waals surface area contributed by atoms with Gasteiger partial charge in [-0.25, -0.2) is 4.98 Å². The van der Waals surface area contributed by atoms with E-state index in [0.29, 0.717) is 0 Å². The minimum atomic E-state index is 0.752. The van der Waals surface area contributed by atoms with Crippen LogP contribution >= 0.6 is 0 Å². The Kier molecular flexibility index (Phi) is 8.40. The molecule has 0 saturated carbocycles. The Morgan fingerprint density at radius 1 is 1.21 bits per heavy atom. The first-order chi connectivity index (χ1) is 13.8. The van der Waals surface area contributed by atoms with E-state index in [0.717, 1.165) is 57.1 Å². The summed E-state index contributed by atoms with van der Waals surface area (Å²) in [4.78, 5) is 13.8. The second kappa shape index (κ2) is 11.2. The van der Waals surface area contributed by atoms with Crippen LogP contribution in [0.2, 0.25) is 0 Å². The van der Waals surface area contributed by atoms with Gasteiger partial charge in [0, 0.05) is 59.7 Å². The number of hydrogen-bond acceptors (Lipinski definition) is 4. The third-order valence-corrected chi connectivity index (χ3v) is 5.98. The SMILES string of the molecule is CN=C(NCc1ccc(N2CCCCCC2)nc1)N(C)CCC1CCOCC1. The standard InChI is InChI=1S/C22H37N5O/c1-23-22(26(2)14-9-19-10-15-28-16-11-19)25-18-20-7-8-21(24-17-20)27-12-5-3-4-6-13-27/h7-8,17,19H,3-6,9-16,18H2,1-2H3,(H,23,25).